The quantitative estimate of drug-likeness (QED) is 0.497. The van der Waals surface area contributed by atoms with E-state index in [4.69, 9.17) is 9.31 Å². The average molecular weight is 194 g/mol. The fraction of sp³-hybridized carbons (Fsp3) is 0.636. The van der Waals surface area contributed by atoms with E-state index in [0.717, 1.165) is 12.0 Å². The summed E-state index contributed by atoms with van der Waals surface area (Å²) in [5.41, 5.74) is 0.912. The van der Waals surface area contributed by atoms with Gasteiger partial charge in [-0.25, -0.2) is 0 Å². The first-order valence-corrected chi connectivity index (χ1v) is 5.06. The molecule has 1 fully saturated rings. The molecule has 0 N–H and O–H groups in total. The van der Waals surface area contributed by atoms with Gasteiger partial charge in [0.25, 0.3) is 0 Å². The standard InChI is InChI=1S/C11H19BO2/c1-9(2)6-7-12-13-10(3)8-11(4,5)14-12/h6-7,10H,1,8H2,2-5H3/b7-6+. The first kappa shape index (κ1) is 11.5. The maximum absolute atomic E-state index is 5.74. The molecule has 1 saturated heterocycles. The third-order valence-electron chi connectivity index (χ3n) is 2.12. The summed E-state index contributed by atoms with van der Waals surface area (Å²) in [7, 11) is -0.231. The molecule has 1 aliphatic rings. The van der Waals surface area contributed by atoms with Crippen molar-refractivity contribution in [3.05, 3.63) is 24.2 Å². The molecule has 0 saturated carbocycles. The Morgan fingerprint density at radius 1 is 1.57 bits per heavy atom. The summed E-state index contributed by atoms with van der Waals surface area (Å²) in [5.74, 6) is 1.92. The molecule has 1 heterocycles. The summed E-state index contributed by atoms with van der Waals surface area (Å²) >= 11 is 0. The van der Waals surface area contributed by atoms with Crippen molar-refractivity contribution in [1.29, 1.82) is 0 Å². The van der Waals surface area contributed by atoms with Crippen LogP contribution in [-0.2, 0) is 9.31 Å². The Hall–Kier alpha value is -0.535. The average Bonchev–Trinajstić information content (AvgIpc) is 1.96. The molecule has 1 unspecified atom stereocenters. The van der Waals surface area contributed by atoms with E-state index in [1.807, 2.05) is 19.0 Å². The van der Waals surface area contributed by atoms with Gasteiger partial charge in [0.15, 0.2) is 0 Å². The summed E-state index contributed by atoms with van der Waals surface area (Å²) in [4.78, 5) is 0. The van der Waals surface area contributed by atoms with Gasteiger partial charge >= 0.3 is 7.12 Å². The molecule has 0 aromatic carbocycles. The van der Waals surface area contributed by atoms with E-state index in [1.54, 1.807) is 0 Å². The van der Waals surface area contributed by atoms with Crippen LogP contribution in [0.15, 0.2) is 24.2 Å². The fourth-order valence-corrected chi connectivity index (χ4v) is 1.69. The summed E-state index contributed by atoms with van der Waals surface area (Å²) in [5, 5.41) is 0. The molecule has 0 bridgehead atoms. The van der Waals surface area contributed by atoms with Crippen molar-refractivity contribution in [2.24, 2.45) is 0 Å². The van der Waals surface area contributed by atoms with Gasteiger partial charge in [-0.3, -0.25) is 0 Å². The van der Waals surface area contributed by atoms with Crippen molar-refractivity contribution in [1.82, 2.24) is 0 Å². The van der Waals surface area contributed by atoms with E-state index in [2.05, 4.69) is 27.4 Å². The Morgan fingerprint density at radius 2 is 2.21 bits per heavy atom. The number of rotatable bonds is 2. The van der Waals surface area contributed by atoms with Crippen LogP contribution < -0.4 is 0 Å². The molecular weight excluding hydrogens is 175 g/mol. The summed E-state index contributed by atoms with van der Waals surface area (Å²) in [6.07, 6.45) is 3.11. The number of allylic oxidation sites excluding steroid dienone is 2. The first-order valence-electron chi connectivity index (χ1n) is 5.06. The van der Waals surface area contributed by atoms with Crippen molar-refractivity contribution in [3.63, 3.8) is 0 Å². The van der Waals surface area contributed by atoms with Crippen LogP contribution in [0.1, 0.15) is 34.1 Å². The lowest BCUT2D eigenvalue weighted by molar-refractivity contribution is -0.0236. The molecule has 0 spiro atoms. The summed E-state index contributed by atoms with van der Waals surface area (Å²) in [6, 6.07) is 0. The smallest absolute Gasteiger partial charge is 0.405 e. The Bertz CT molecular complexity index is 246. The van der Waals surface area contributed by atoms with Gasteiger partial charge < -0.3 is 9.31 Å². The summed E-state index contributed by atoms with van der Waals surface area (Å²) < 4.78 is 11.4. The third kappa shape index (κ3) is 3.68. The molecule has 14 heavy (non-hydrogen) atoms. The van der Waals surface area contributed by atoms with Gasteiger partial charge in [0.2, 0.25) is 0 Å². The summed E-state index contributed by atoms with van der Waals surface area (Å²) in [6.45, 7) is 12.0. The molecule has 0 radical (unpaired) electrons. The Kier molecular flexibility index (Phi) is 3.56. The molecule has 1 aliphatic heterocycles. The minimum absolute atomic E-state index is 0.0955. The van der Waals surface area contributed by atoms with Gasteiger partial charge in [0.05, 0.1) is 5.60 Å². The minimum atomic E-state index is -0.231. The highest BCUT2D eigenvalue weighted by Crippen LogP contribution is 2.25. The van der Waals surface area contributed by atoms with Crippen LogP contribution in [0.2, 0.25) is 0 Å². The second-order valence-corrected chi connectivity index (χ2v) is 4.60. The van der Waals surface area contributed by atoms with E-state index < -0.39 is 0 Å². The van der Waals surface area contributed by atoms with Gasteiger partial charge in [0, 0.05) is 6.10 Å². The second-order valence-electron chi connectivity index (χ2n) is 4.60. The Labute approximate surface area is 87.1 Å². The van der Waals surface area contributed by atoms with Crippen molar-refractivity contribution < 1.29 is 9.31 Å². The number of hydrogen-bond donors (Lipinski definition) is 0. The second kappa shape index (κ2) is 4.32. The van der Waals surface area contributed by atoms with Gasteiger partial charge in [-0.15, -0.1) is 0 Å². The van der Waals surface area contributed by atoms with Crippen molar-refractivity contribution in [2.45, 2.75) is 45.8 Å². The van der Waals surface area contributed by atoms with Crippen LogP contribution in [-0.4, -0.2) is 18.8 Å². The third-order valence-corrected chi connectivity index (χ3v) is 2.12. The minimum Gasteiger partial charge on any atom is -0.405 e. The monoisotopic (exact) mass is 194 g/mol. The van der Waals surface area contributed by atoms with Crippen LogP contribution in [0.25, 0.3) is 0 Å². The van der Waals surface area contributed by atoms with Gasteiger partial charge in [-0.05, 0) is 34.1 Å². The molecule has 78 valence electrons. The van der Waals surface area contributed by atoms with Crippen LogP contribution in [0, 0.1) is 0 Å². The van der Waals surface area contributed by atoms with E-state index in [1.165, 1.54) is 0 Å². The van der Waals surface area contributed by atoms with Crippen molar-refractivity contribution >= 4 is 7.12 Å². The lowest BCUT2D eigenvalue weighted by atomic mass is 9.82. The number of hydrogen-bond acceptors (Lipinski definition) is 2. The van der Waals surface area contributed by atoms with Crippen LogP contribution in [0.5, 0.6) is 0 Å². The zero-order valence-electron chi connectivity index (χ0n) is 9.54. The van der Waals surface area contributed by atoms with Gasteiger partial charge in [0.1, 0.15) is 0 Å². The van der Waals surface area contributed by atoms with Crippen LogP contribution >= 0.6 is 0 Å². The fourth-order valence-electron chi connectivity index (χ4n) is 1.69. The van der Waals surface area contributed by atoms with Crippen molar-refractivity contribution in [3.8, 4) is 0 Å². The first-order chi connectivity index (χ1) is 6.39. The van der Waals surface area contributed by atoms with E-state index >= 15 is 0 Å². The maximum Gasteiger partial charge on any atom is 0.486 e. The van der Waals surface area contributed by atoms with Crippen molar-refractivity contribution in [2.75, 3.05) is 0 Å². The predicted molar refractivity (Wildman–Crippen MR) is 60.0 cm³/mol. The maximum atomic E-state index is 5.74. The molecule has 0 aromatic heterocycles. The van der Waals surface area contributed by atoms with E-state index in [9.17, 15) is 0 Å². The lowest BCUT2D eigenvalue weighted by Crippen LogP contribution is -2.45. The van der Waals surface area contributed by atoms with Gasteiger partial charge in [-0.2, -0.15) is 0 Å². The Morgan fingerprint density at radius 3 is 2.71 bits per heavy atom. The van der Waals surface area contributed by atoms with Crippen LogP contribution in [0.3, 0.4) is 0 Å². The molecule has 1 rings (SSSR count). The molecule has 0 amide bonds. The molecule has 3 heteroatoms. The molecule has 0 aliphatic carbocycles. The molecule has 2 nitrogen and oxygen atoms in total. The molecule has 0 aromatic rings. The van der Waals surface area contributed by atoms with E-state index in [0.29, 0.717) is 0 Å². The SMILES string of the molecule is C=C(C)/C=C/B1OC(C)CC(C)(C)O1. The highest BCUT2D eigenvalue weighted by molar-refractivity contribution is 6.51. The van der Waals surface area contributed by atoms with Crippen LogP contribution in [0.4, 0.5) is 0 Å². The normalized spacial score (nSPS) is 26.9. The molecule has 1 atom stereocenters. The predicted octanol–water partition coefficient (Wildman–Crippen LogP) is 2.75. The zero-order chi connectivity index (χ0) is 10.8. The molecular formula is C11H19BO2. The topological polar surface area (TPSA) is 18.5 Å². The largest absolute Gasteiger partial charge is 0.486 e. The highest BCUT2D eigenvalue weighted by atomic mass is 16.6. The Balaban J connectivity index is 2.58. The highest BCUT2D eigenvalue weighted by Gasteiger charge is 2.35. The lowest BCUT2D eigenvalue weighted by Gasteiger charge is -2.37. The van der Waals surface area contributed by atoms with E-state index in [-0.39, 0.29) is 18.8 Å². The van der Waals surface area contributed by atoms with Gasteiger partial charge in [-0.1, -0.05) is 24.2 Å². The zero-order valence-corrected chi connectivity index (χ0v) is 9.54.